The van der Waals surface area contributed by atoms with Gasteiger partial charge in [-0.3, -0.25) is 4.79 Å². The number of hydrogen-bond acceptors (Lipinski definition) is 2. The molecule has 3 nitrogen and oxygen atoms in total. The van der Waals surface area contributed by atoms with Gasteiger partial charge in [-0.15, -0.1) is 0 Å². The third-order valence-corrected chi connectivity index (χ3v) is 2.49. The first-order chi connectivity index (χ1) is 5.75. The van der Waals surface area contributed by atoms with Gasteiger partial charge >= 0.3 is 0 Å². The zero-order valence-corrected chi connectivity index (χ0v) is 8.84. The van der Waals surface area contributed by atoms with Crippen molar-refractivity contribution in [1.82, 2.24) is 4.90 Å². The molecule has 0 aromatic rings. The van der Waals surface area contributed by atoms with Crippen molar-refractivity contribution in [2.24, 2.45) is 0 Å². The van der Waals surface area contributed by atoms with Crippen LogP contribution < -0.4 is 0 Å². The number of halogens is 1. The average Bonchev–Trinajstić information content (AvgIpc) is 2.28. The number of nitrogens with zero attached hydrogens (tertiary/aromatic N) is 1. The molecule has 0 bridgehead atoms. The summed E-state index contributed by atoms with van der Waals surface area (Å²) in [5.74, 6) is 0.160. The van der Waals surface area contributed by atoms with Crippen molar-refractivity contribution in [1.29, 1.82) is 0 Å². The van der Waals surface area contributed by atoms with Crippen LogP contribution in [0, 0.1) is 0 Å². The zero-order chi connectivity index (χ0) is 8.97. The van der Waals surface area contributed by atoms with Gasteiger partial charge in [-0.25, -0.2) is 0 Å². The molecule has 0 radical (unpaired) electrons. The van der Waals surface area contributed by atoms with Gasteiger partial charge in [0.1, 0.15) is 0 Å². The Morgan fingerprint density at radius 3 is 3.17 bits per heavy atom. The summed E-state index contributed by atoms with van der Waals surface area (Å²) in [6, 6.07) is 0.220. The van der Waals surface area contributed by atoms with Gasteiger partial charge in [0.15, 0.2) is 0 Å². The Morgan fingerprint density at radius 2 is 2.50 bits per heavy atom. The lowest BCUT2D eigenvalue weighted by molar-refractivity contribution is -0.130. The van der Waals surface area contributed by atoms with Crippen molar-refractivity contribution in [2.45, 2.75) is 19.4 Å². The summed E-state index contributed by atoms with van der Waals surface area (Å²) >= 11 is 3.17. The molecule has 1 rings (SSSR count). The highest BCUT2D eigenvalue weighted by Crippen LogP contribution is 2.07. The second-order valence-electron chi connectivity index (χ2n) is 3.00. The van der Waals surface area contributed by atoms with E-state index in [-0.39, 0.29) is 11.9 Å². The van der Waals surface area contributed by atoms with Crippen LogP contribution in [-0.4, -0.2) is 41.9 Å². The monoisotopic (exact) mass is 235 g/mol. The maximum Gasteiger partial charge on any atom is 0.233 e. The quantitative estimate of drug-likeness (QED) is 0.636. The number of alkyl halides is 1. The Bertz CT molecular complexity index is 163. The minimum atomic E-state index is 0.160. The van der Waals surface area contributed by atoms with E-state index in [0.717, 1.165) is 19.6 Å². The fraction of sp³-hybridized carbons (Fsp3) is 0.875. The maximum absolute atomic E-state index is 11.4. The van der Waals surface area contributed by atoms with Gasteiger partial charge < -0.3 is 9.64 Å². The molecule has 0 spiro atoms. The van der Waals surface area contributed by atoms with Gasteiger partial charge in [0.25, 0.3) is 0 Å². The highest BCUT2D eigenvalue weighted by molar-refractivity contribution is 9.09. The number of carbonyl (C=O) groups excluding carboxylic acids is 1. The van der Waals surface area contributed by atoms with Crippen molar-refractivity contribution in [3.05, 3.63) is 0 Å². The fourth-order valence-electron chi connectivity index (χ4n) is 1.35. The molecule has 0 aromatic heterocycles. The van der Waals surface area contributed by atoms with E-state index in [1.807, 2.05) is 11.8 Å². The summed E-state index contributed by atoms with van der Waals surface area (Å²) in [4.78, 5) is 13.2. The highest BCUT2D eigenvalue weighted by atomic mass is 79.9. The van der Waals surface area contributed by atoms with Crippen LogP contribution >= 0.6 is 15.9 Å². The van der Waals surface area contributed by atoms with E-state index in [1.165, 1.54) is 0 Å². The predicted molar refractivity (Wildman–Crippen MR) is 50.4 cm³/mol. The molecule has 0 saturated carbocycles. The highest BCUT2D eigenvalue weighted by Gasteiger charge is 2.20. The van der Waals surface area contributed by atoms with Gasteiger partial charge in [0.05, 0.1) is 18.0 Å². The van der Waals surface area contributed by atoms with Gasteiger partial charge in [-0.2, -0.15) is 0 Å². The van der Waals surface area contributed by atoms with Crippen LogP contribution in [0.1, 0.15) is 13.3 Å². The van der Waals surface area contributed by atoms with E-state index in [4.69, 9.17) is 4.74 Å². The van der Waals surface area contributed by atoms with Gasteiger partial charge in [-0.1, -0.05) is 15.9 Å². The molecule has 1 aliphatic heterocycles. The summed E-state index contributed by atoms with van der Waals surface area (Å²) in [7, 11) is 0. The zero-order valence-electron chi connectivity index (χ0n) is 7.25. The SMILES string of the molecule is CC1COCCCN1C(=O)CBr. The Kier molecular flexibility index (Phi) is 4.01. The number of carbonyl (C=O) groups is 1. The summed E-state index contributed by atoms with van der Waals surface area (Å²) in [5, 5.41) is 0.414. The van der Waals surface area contributed by atoms with Crippen molar-refractivity contribution in [3.63, 3.8) is 0 Å². The van der Waals surface area contributed by atoms with E-state index < -0.39 is 0 Å². The van der Waals surface area contributed by atoms with E-state index >= 15 is 0 Å². The third-order valence-electron chi connectivity index (χ3n) is 2.01. The molecule has 1 fully saturated rings. The van der Waals surface area contributed by atoms with E-state index in [0.29, 0.717) is 11.9 Å². The normalized spacial score (nSPS) is 25.2. The van der Waals surface area contributed by atoms with Crippen LogP contribution in [0.25, 0.3) is 0 Å². The molecule has 0 aliphatic carbocycles. The number of rotatable bonds is 1. The molecule has 1 heterocycles. The van der Waals surface area contributed by atoms with Crippen molar-refractivity contribution in [2.75, 3.05) is 25.1 Å². The van der Waals surface area contributed by atoms with Crippen LogP contribution in [0.5, 0.6) is 0 Å². The topological polar surface area (TPSA) is 29.5 Å². The second kappa shape index (κ2) is 4.82. The largest absolute Gasteiger partial charge is 0.379 e. The molecule has 12 heavy (non-hydrogen) atoms. The molecule has 1 amide bonds. The van der Waals surface area contributed by atoms with E-state index in [9.17, 15) is 4.79 Å². The summed E-state index contributed by atoms with van der Waals surface area (Å²) in [6.45, 7) is 4.28. The first-order valence-electron chi connectivity index (χ1n) is 4.19. The number of ether oxygens (including phenoxy) is 1. The maximum atomic E-state index is 11.4. The predicted octanol–water partition coefficient (Wildman–Crippen LogP) is 1.02. The van der Waals surface area contributed by atoms with Crippen molar-refractivity contribution < 1.29 is 9.53 Å². The lowest BCUT2D eigenvalue weighted by Gasteiger charge is -2.25. The van der Waals surface area contributed by atoms with Crippen LogP contribution in [0.15, 0.2) is 0 Å². The Balaban J connectivity index is 2.52. The smallest absolute Gasteiger partial charge is 0.233 e. The molecule has 1 atom stereocenters. The average molecular weight is 236 g/mol. The van der Waals surface area contributed by atoms with Crippen LogP contribution in [0.3, 0.4) is 0 Å². The molecule has 4 heteroatoms. The number of amides is 1. The van der Waals surface area contributed by atoms with Gasteiger partial charge in [0.2, 0.25) is 5.91 Å². The summed E-state index contributed by atoms with van der Waals surface area (Å²) < 4.78 is 5.32. The minimum absolute atomic E-state index is 0.160. The van der Waals surface area contributed by atoms with Crippen molar-refractivity contribution >= 4 is 21.8 Å². The molecule has 0 aromatic carbocycles. The van der Waals surface area contributed by atoms with Gasteiger partial charge in [0, 0.05) is 13.2 Å². The molecule has 70 valence electrons. The van der Waals surface area contributed by atoms with Crippen molar-refractivity contribution in [3.8, 4) is 0 Å². The fourth-order valence-corrected chi connectivity index (χ4v) is 1.67. The van der Waals surface area contributed by atoms with E-state index in [1.54, 1.807) is 0 Å². The van der Waals surface area contributed by atoms with Crippen LogP contribution in [0.4, 0.5) is 0 Å². The Hall–Kier alpha value is -0.0900. The molecular formula is C8H14BrNO2. The third kappa shape index (κ3) is 2.45. The lowest BCUT2D eigenvalue weighted by atomic mass is 10.3. The van der Waals surface area contributed by atoms with Gasteiger partial charge in [-0.05, 0) is 13.3 Å². The molecule has 0 N–H and O–H groups in total. The second-order valence-corrected chi connectivity index (χ2v) is 3.56. The summed E-state index contributed by atoms with van der Waals surface area (Å²) in [5.41, 5.74) is 0. The lowest BCUT2D eigenvalue weighted by Crippen LogP contribution is -2.40. The summed E-state index contributed by atoms with van der Waals surface area (Å²) in [6.07, 6.45) is 0.948. The first-order valence-corrected chi connectivity index (χ1v) is 5.31. The van der Waals surface area contributed by atoms with Crippen LogP contribution in [0.2, 0.25) is 0 Å². The molecular weight excluding hydrogens is 222 g/mol. The van der Waals surface area contributed by atoms with E-state index in [2.05, 4.69) is 15.9 Å². The minimum Gasteiger partial charge on any atom is -0.379 e. The molecule has 1 aliphatic rings. The standard InChI is InChI=1S/C8H14BrNO2/c1-7-6-12-4-2-3-10(7)8(11)5-9/h7H,2-6H2,1H3. The first kappa shape index (κ1) is 9.99. The molecule has 1 unspecified atom stereocenters. The number of hydrogen-bond donors (Lipinski definition) is 0. The van der Waals surface area contributed by atoms with Crippen LogP contribution in [-0.2, 0) is 9.53 Å². The molecule has 1 saturated heterocycles. The Morgan fingerprint density at radius 1 is 1.75 bits per heavy atom. The Labute approximate surface area is 81.2 Å².